The lowest BCUT2D eigenvalue weighted by atomic mass is 9.83. The van der Waals surface area contributed by atoms with Gasteiger partial charge in [-0.3, -0.25) is 0 Å². The van der Waals surface area contributed by atoms with Crippen LogP contribution in [0.2, 0.25) is 0 Å². The van der Waals surface area contributed by atoms with Crippen molar-refractivity contribution in [3.8, 4) is 0 Å². The monoisotopic (exact) mass is 276 g/mol. The standard InChI is InChI=1S/C14H28O3S/c1-3-10-18(15,16)11-8-6-4-5-7-9-14(2)12-17-13-14/h3-13H2,1-2H3. The van der Waals surface area contributed by atoms with Gasteiger partial charge < -0.3 is 4.74 Å². The van der Waals surface area contributed by atoms with Crippen LogP contribution in [0.15, 0.2) is 0 Å². The third kappa shape index (κ3) is 6.19. The topological polar surface area (TPSA) is 43.4 Å². The Hall–Kier alpha value is -0.0900. The van der Waals surface area contributed by atoms with E-state index in [1.807, 2.05) is 6.92 Å². The molecule has 0 bridgehead atoms. The lowest BCUT2D eigenvalue weighted by molar-refractivity contribution is -0.106. The molecule has 3 nitrogen and oxygen atoms in total. The maximum atomic E-state index is 11.5. The minimum absolute atomic E-state index is 0.353. The lowest BCUT2D eigenvalue weighted by Crippen LogP contribution is -2.39. The first-order valence-corrected chi connectivity index (χ1v) is 9.08. The zero-order valence-corrected chi connectivity index (χ0v) is 12.7. The van der Waals surface area contributed by atoms with Crippen LogP contribution in [0.4, 0.5) is 0 Å². The molecule has 18 heavy (non-hydrogen) atoms. The number of ether oxygens (including phenoxy) is 1. The van der Waals surface area contributed by atoms with Gasteiger partial charge in [-0.15, -0.1) is 0 Å². The normalized spacial score (nSPS) is 18.6. The fraction of sp³-hybridized carbons (Fsp3) is 1.00. The van der Waals surface area contributed by atoms with Crippen LogP contribution in [0.5, 0.6) is 0 Å². The van der Waals surface area contributed by atoms with Crippen molar-refractivity contribution >= 4 is 9.84 Å². The van der Waals surface area contributed by atoms with Gasteiger partial charge in [0.05, 0.1) is 19.0 Å². The molecule has 0 aromatic carbocycles. The summed E-state index contributed by atoms with van der Waals surface area (Å²) >= 11 is 0. The van der Waals surface area contributed by atoms with Crippen LogP contribution in [-0.2, 0) is 14.6 Å². The zero-order chi connectivity index (χ0) is 13.5. The number of hydrogen-bond donors (Lipinski definition) is 0. The van der Waals surface area contributed by atoms with Gasteiger partial charge in [-0.05, 0) is 19.3 Å². The second-order valence-corrected chi connectivity index (χ2v) is 8.28. The first-order chi connectivity index (χ1) is 8.47. The van der Waals surface area contributed by atoms with Crippen molar-refractivity contribution in [1.29, 1.82) is 0 Å². The molecule has 0 radical (unpaired) electrons. The Bertz CT molecular complexity index is 318. The summed E-state index contributed by atoms with van der Waals surface area (Å²) in [6, 6.07) is 0. The molecule has 1 heterocycles. The molecule has 0 amide bonds. The van der Waals surface area contributed by atoms with E-state index in [1.165, 1.54) is 25.7 Å². The van der Waals surface area contributed by atoms with E-state index in [1.54, 1.807) is 0 Å². The predicted molar refractivity (Wildman–Crippen MR) is 75.6 cm³/mol. The molecule has 108 valence electrons. The molecule has 0 unspecified atom stereocenters. The maximum absolute atomic E-state index is 11.5. The summed E-state index contributed by atoms with van der Waals surface area (Å²) in [7, 11) is -2.76. The highest BCUT2D eigenvalue weighted by molar-refractivity contribution is 7.91. The fourth-order valence-electron chi connectivity index (χ4n) is 2.41. The predicted octanol–water partition coefficient (Wildman–Crippen LogP) is 3.19. The molecule has 1 aliphatic heterocycles. The van der Waals surface area contributed by atoms with Gasteiger partial charge in [0.2, 0.25) is 0 Å². The Morgan fingerprint density at radius 3 is 2.17 bits per heavy atom. The Balaban J connectivity index is 1.92. The van der Waals surface area contributed by atoms with E-state index in [0.29, 0.717) is 16.9 Å². The van der Waals surface area contributed by atoms with E-state index in [4.69, 9.17) is 4.74 Å². The van der Waals surface area contributed by atoms with E-state index >= 15 is 0 Å². The summed E-state index contributed by atoms with van der Waals surface area (Å²) in [5.41, 5.74) is 0.435. The van der Waals surface area contributed by atoms with E-state index in [0.717, 1.165) is 32.5 Å². The number of sulfone groups is 1. The van der Waals surface area contributed by atoms with Gasteiger partial charge in [-0.25, -0.2) is 8.42 Å². The molecule has 0 aromatic rings. The van der Waals surface area contributed by atoms with Crippen LogP contribution in [0.1, 0.15) is 58.8 Å². The molecule has 0 spiro atoms. The third-order valence-corrected chi connectivity index (χ3v) is 5.59. The maximum Gasteiger partial charge on any atom is 0.150 e. The number of unbranched alkanes of at least 4 members (excludes halogenated alkanes) is 4. The molecule has 1 saturated heterocycles. The highest BCUT2D eigenvalue weighted by Gasteiger charge is 2.32. The van der Waals surface area contributed by atoms with Gasteiger partial charge in [0.15, 0.2) is 0 Å². The molecule has 1 aliphatic rings. The largest absolute Gasteiger partial charge is 0.380 e. The summed E-state index contributed by atoms with van der Waals surface area (Å²) < 4.78 is 28.2. The van der Waals surface area contributed by atoms with Crippen LogP contribution in [-0.4, -0.2) is 33.1 Å². The highest BCUT2D eigenvalue weighted by atomic mass is 32.2. The van der Waals surface area contributed by atoms with Crippen LogP contribution >= 0.6 is 0 Å². The van der Waals surface area contributed by atoms with Crippen LogP contribution in [0, 0.1) is 5.41 Å². The Labute approximate surface area is 112 Å². The third-order valence-electron chi connectivity index (χ3n) is 3.65. The van der Waals surface area contributed by atoms with Gasteiger partial charge in [-0.2, -0.15) is 0 Å². The smallest absolute Gasteiger partial charge is 0.150 e. The molecular weight excluding hydrogens is 248 g/mol. The van der Waals surface area contributed by atoms with Crippen molar-refractivity contribution in [1.82, 2.24) is 0 Å². The molecule has 0 atom stereocenters. The molecule has 1 rings (SSSR count). The van der Waals surface area contributed by atoms with E-state index in [-0.39, 0.29) is 0 Å². The van der Waals surface area contributed by atoms with Crippen molar-refractivity contribution in [2.24, 2.45) is 5.41 Å². The number of rotatable bonds is 10. The minimum Gasteiger partial charge on any atom is -0.380 e. The SMILES string of the molecule is CCCS(=O)(=O)CCCCCCCC1(C)COC1. The summed E-state index contributed by atoms with van der Waals surface area (Å²) in [4.78, 5) is 0. The van der Waals surface area contributed by atoms with Crippen molar-refractivity contribution in [2.45, 2.75) is 58.8 Å². The minimum atomic E-state index is -2.76. The van der Waals surface area contributed by atoms with Crippen LogP contribution in [0.25, 0.3) is 0 Å². The molecule has 1 fully saturated rings. The lowest BCUT2D eigenvalue weighted by Gasteiger charge is -2.38. The van der Waals surface area contributed by atoms with Gasteiger partial charge in [0, 0.05) is 11.2 Å². The second kappa shape index (κ2) is 7.49. The van der Waals surface area contributed by atoms with Crippen molar-refractivity contribution < 1.29 is 13.2 Å². The average molecular weight is 276 g/mol. The Morgan fingerprint density at radius 1 is 1.00 bits per heavy atom. The summed E-state index contributed by atoms with van der Waals surface area (Å²) in [5, 5.41) is 0. The summed E-state index contributed by atoms with van der Waals surface area (Å²) in [6.07, 6.45) is 7.52. The summed E-state index contributed by atoms with van der Waals surface area (Å²) in [6.45, 7) is 6.04. The molecule has 0 saturated carbocycles. The van der Waals surface area contributed by atoms with Gasteiger partial charge in [0.1, 0.15) is 9.84 Å². The van der Waals surface area contributed by atoms with Crippen LogP contribution in [0.3, 0.4) is 0 Å². The molecule has 4 heteroatoms. The quantitative estimate of drug-likeness (QED) is 0.576. The number of hydrogen-bond acceptors (Lipinski definition) is 3. The molecule has 0 aromatic heterocycles. The van der Waals surface area contributed by atoms with Crippen LogP contribution < -0.4 is 0 Å². The molecule has 0 aliphatic carbocycles. The van der Waals surface area contributed by atoms with Crippen molar-refractivity contribution in [2.75, 3.05) is 24.7 Å². The van der Waals surface area contributed by atoms with E-state index in [2.05, 4.69) is 6.92 Å². The Morgan fingerprint density at radius 2 is 1.61 bits per heavy atom. The first-order valence-electron chi connectivity index (χ1n) is 7.26. The fourth-order valence-corrected chi connectivity index (χ4v) is 3.88. The zero-order valence-electron chi connectivity index (χ0n) is 11.9. The molecular formula is C14H28O3S. The first kappa shape index (κ1) is 16.0. The van der Waals surface area contributed by atoms with E-state index in [9.17, 15) is 8.42 Å². The highest BCUT2D eigenvalue weighted by Crippen LogP contribution is 2.32. The van der Waals surface area contributed by atoms with E-state index < -0.39 is 9.84 Å². The van der Waals surface area contributed by atoms with Crippen molar-refractivity contribution in [3.05, 3.63) is 0 Å². The van der Waals surface area contributed by atoms with Crippen molar-refractivity contribution in [3.63, 3.8) is 0 Å². The second-order valence-electron chi connectivity index (χ2n) is 5.97. The summed E-state index contributed by atoms with van der Waals surface area (Å²) in [5.74, 6) is 0.734. The van der Waals surface area contributed by atoms with Gasteiger partial charge in [0.25, 0.3) is 0 Å². The van der Waals surface area contributed by atoms with Gasteiger partial charge in [-0.1, -0.05) is 39.5 Å². The molecule has 0 N–H and O–H groups in total. The van der Waals surface area contributed by atoms with Gasteiger partial charge >= 0.3 is 0 Å². The Kier molecular flexibility index (Phi) is 6.64. The average Bonchev–Trinajstić information content (AvgIpc) is 2.25.